The van der Waals surface area contributed by atoms with E-state index >= 15 is 0 Å². The number of guanidine groups is 1. The smallest absolute Gasteiger partial charge is 0.220 e. The number of nitrogens with one attached hydrogen (secondary N) is 2. The molecule has 2 aliphatic rings. The number of carbonyl (C=O) groups excluding carboxylic acids is 1. The van der Waals surface area contributed by atoms with Gasteiger partial charge in [0, 0.05) is 48.1 Å². The highest BCUT2D eigenvalue weighted by molar-refractivity contribution is 14.0. The zero-order valence-electron chi connectivity index (χ0n) is 14.9. The van der Waals surface area contributed by atoms with E-state index in [1.54, 1.807) is 6.07 Å². The second kappa shape index (κ2) is 9.46. The van der Waals surface area contributed by atoms with Crippen LogP contribution in [0.3, 0.4) is 0 Å². The molecule has 0 aliphatic carbocycles. The molecule has 2 N–H and O–H groups in total. The molecule has 2 saturated heterocycles. The predicted molar refractivity (Wildman–Crippen MR) is 118 cm³/mol. The summed E-state index contributed by atoms with van der Waals surface area (Å²) in [6, 6.07) is 5.48. The van der Waals surface area contributed by atoms with E-state index in [1.807, 2.05) is 12.1 Å². The van der Waals surface area contributed by atoms with Crippen molar-refractivity contribution in [2.45, 2.75) is 32.7 Å². The van der Waals surface area contributed by atoms with E-state index in [4.69, 9.17) is 28.2 Å². The Morgan fingerprint density at radius 2 is 2.23 bits per heavy atom. The van der Waals surface area contributed by atoms with Crippen LogP contribution < -0.4 is 10.6 Å². The van der Waals surface area contributed by atoms with E-state index in [9.17, 15) is 4.79 Å². The van der Waals surface area contributed by atoms with Gasteiger partial charge in [0.25, 0.3) is 0 Å². The Morgan fingerprint density at radius 3 is 2.88 bits per heavy atom. The average Bonchev–Trinajstić information content (AvgIpc) is 2.93. The van der Waals surface area contributed by atoms with Crippen molar-refractivity contribution in [1.29, 1.82) is 0 Å². The van der Waals surface area contributed by atoms with Crippen LogP contribution in [0.2, 0.25) is 10.0 Å². The highest BCUT2D eigenvalue weighted by Gasteiger charge is 2.42. The van der Waals surface area contributed by atoms with Gasteiger partial charge in [-0.25, -0.2) is 4.99 Å². The van der Waals surface area contributed by atoms with Crippen molar-refractivity contribution in [2.24, 2.45) is 10.4 Å². The van der Waals surface area contributed by atoms with Crippen LogP contribution in [0.1, 0.15) is 31.7 Å². The highest BCUT2D eigenvalue weighted by atomic mass is 127. The summed E-state index contributed by atoms with van der Waals surface area (Å²) in [5.74, 6) is 1.05. The minimum absolute atomic E-state index is 0. The lowest BCUT2D eigenvalue weighted by atomic mass is 9.79. The fourth-order valence-corrected chi connectivity index (χ4v) is 4.13. The quantitative estimate of drug-likeness (QED) is 0.370. The van der Waals surface area contributed by atoms with Crippen LogP contribution in [0.25, 0.3) is 0 Å². The Bertz CT molecular complexity index is 685. The van der Waals surface area contributed by atoms with E-state index in [1.165, 1.54) is 0 Å². The highest BCUT2D eigenvalue weighted by Crippen LogP contribution is 2.36. The van der Waals surface area contributed by atoms with Gasteiger partial charge in [0.15, 0.2) is 5.96 Å². The third kappa shape index (κ3) is 5.16. The third-order valence-corrected chi connectivity index (χ3v) is 5.49. The van der Waals surface area contributed by atoms with Crippen molar-refractivity contribution in [3.8, 4) is 0 Å². The van der Waals surface area contributed by atoms with Gasteiger partial charge in [0.2, 0.25) is 5.91 Å². The van der Waals surface area contributed by atoms with Gasteiger partial charge >= 0.3 is 0 Å². The SMILES string of the molecule is CCNC(=NCc1ccc(Cl)cc1Cl)N1CCCC2(CNC(=O)C2)C1.I. The lowest BCUT2D eigenvalue weighted by molar-refractivity contribution is -0.119. The summed E-state index contributed by atoms with van der Waals surface area (Å²) < 4.78 is 0. The third-order valence-electron chi connectivity index (χ3n) is 4.91. The van der Waals surface area contributed by atoms with Crippen LogP contribution in [-0.4, -0.2) is 42.9 Å². The Balaban J connectivity index is 0.00000243. The largest absolute Gasteiger partial charge is 0.357 e. The van der Waals surface area contributed by atoms with Gasteiger partial charge in [-0.3, -0.25) is 4.79 Å². The topological polar surface area (TPSA) is 56.7 Å². The average molecular weight is 511 g/mol. The van der Waals surface area contributed by atoms with Crippen LogP contribution in [0.15, 0.2) is 23.2 Å². The molecule has 1 amide bonds. The van der Waals surface area contributed by atoms with E-state index in [2.05, 4.69) is 22.5 Å². The first kappa shape index (κ1) is 21.6. The van der Waals surface area contributed by atoms with Crippen molar-refractivity contribution in [1.82, 2.24) is 15.5 Å². The minimum Gasteiger partial charge on any atom is -0.357 e. The Kier molecular flexibility index (Phi) is 7.85. The molecule has 0 saturated carbocycles. The summed E-state index contributed by atoms with van der Waals surface area (Å²) in [6.45, 7) is 5.94. The van der Waals surface area contributed by atoms with Crippen molar-refractivity contribution in [3.05, 3.63) is 33.8 Å². The molecule has 1 aromatic rings. The summed E-state index contributed by atoms with van der Waals surface area (Å²) >= 11 is 12.2. The standard InChI is InChI=1S/C18H24Cl2N4O.HI/c1-2-21-17(22-10-13-4-5-14(19)8-15(13)20)24-7-3-6-18(12-24)9-16(25)23-11-18;/h4-5,8H,2-3,6-7,9-12H2,1H3,(H,21,22)(H,23,25);1H. The molecule has 1 aromatic carbocycles. The molecule has 0 aromatic heterocycles. The van der Waals surface area contributed by atoms with Crippen molar-refractivity contribution < 1.29 is 4.79 Å². The molecule has 2 heterocycles. The number of hydrogen-bond donors (Lipinski definition) is 2. The van der Waals surface area contributed by atoms with Gasteiger partial charge in [-0.15, -0.1) is 24.0 Å². The number of aliphatic imine (C=N–C) groups is 1. The molecular formula is C18H25Cl2IN4O. The normalized spacial score (nSPS) is 23.0. The molecule has 2 aliphatic heterocycles. The fourth-order valence-electron chi connectivity index (χ4n) is 3.66. The van der Waals surface area contributed by atoms with Crippen LogP contribution in [0.4, 0.5) is 0 Å². The first-order valence-corrected chi connectivity index (χ1v) is 9.51. The number of benzene rings is 1. The van der Waals surface area contributed by atoms with Crippen LogP contribution in [0, 0.1) is 5.41 Å². The first-order chi connectivity index (χ1) is 12.0. The molecule has 144 valence electrons. The number of rotatable bonds is 3. The first-order valence-electron chi connectivity index (χ1n) is 8.75. The number of nitrogens with zero attached hydrogens (tertiary/aromatic N) is 2. The van der Waals surface area contributed by atoms with E-state index in [-0.39, 0.29) is 35.3 Å². The molecule has 5 nitrogen and oxygen atoms in total. The maximum atomic E-state index is 11.7. The Hall–Kier alpha value is -0.730. The van der Waals surface area contributed by atoms with Crippen molar-refractivity contribution in [2.75, 3.05) is 26.2 Å². The summed E-state index contributed by atoms with van der Waals surface area (Å²) in [5.41, 5.74) is 0.995. The number of hydrogen-bond acceptors (Lipinski definition) is 2. The second-order valence-electron chi connectivity index (χ2n) is 6.88. The molecule has 8 heteroatoms. The number of piperidine rings is 1. The molecular weight excluding hydrogens is 486 g/mol. The number of halogens is 3. The maximum Gasteiger partial charge on any atom is 0.220 e. The van der Waals surface area contributed by atoms with Gasteiger partial charge < -0.3 is 15.5 Å². The fraction of sp³-hybridized carbons (Fsp3) is 0.556. The van der Waals surface area contributed by atoms with Crippen molar-refractivity contribution >= 4 is 59.0 Å². The molecule has 3 rings (SSSR count). The van der Waals surface area contributed by atoms with Gasteiger partial charge in [-0.05, 0) is 37.5 Å². The lowest BCUT2D eigenvalue weighted by Crippen LogP contribution is -2.51. The zero-order valence-corrected chi connectivity index (χ0v) is 18.7. The minimum atomic E-state index is 0. The van der Waals surface area contributed by atoms with Crippen molar-refractivity contribution in [3.63, 3.8) is 0 Å². The monoisotopic (exact) mass is 510 g/mol. The van der Waals surface area contributed by atoms with Crippen LogP contribution in [-0.2, 0) is 11.3 Å². The van der Waals surface area contributed by atoms with Gasteiger partial charge in [-0.1, -0.05) is 29.3 Å². The number of amides is 1. The summed E-state index contributed by atoms with van der Waals surface area (Å²) in [7, 11) is 0. The van der Waals surface area contributed by atoms with Gasteiger partial charge in [0.05, 0.1) is 6.54 Å². The van der Waals surface area contributed by atoms with E-state index in [0.717, 1.165) is 50.5 Å². The molecule has 1 spiro atoms. The molecule has 0 radical (unpaired) electrons. The summed E-state index contributed by atoms with van der Waals surface area (Å²) in [5, 5.41) is 7.62. The van der Waals surface area contributed by atoms with Gasteiger partial charge in [-0.2, -0.15) is 0 Å². The molecule has 26 heavy (non-hydrogen) atoms. The number of likely N-dealkylation sites (tertiary alicyclic amines) is 1. The lowest BCUT2D eigenvalue weighted by Gasteiger charge is -2.40. The molecule has 2 fully saturated rings. The maximum absolute atomic E-state index is 11.7. The van der Waals surface area contributed by atoms with E-state index < -0.39 is 0 Å². The predicted octanol–water partition coefficient (Wildman–Crippen LogP) is 3.68. The molecule has 1 atom stereocenters. The zero-order chi connectivity index (χ0) is 17.9. The Morgan fingerprint density at radius 1 is 1.42 bits per heavy atom. The van der Waals surface area contributed by atoms with E-state index in [0.29, 0.717) is 23.0 Å². The summed E-state index contributed by atoms with van der Waals surface area (Å²) in [6.07, 6.45) is 2.78. The van der Waals surface area contributed by atoms with Gasteiger partial charge in [0.1, 0.15) is 0 Å². The second-order valence-corrected chi connectivity index (χ2v) is 7.73. The Labute approximate surface area is 181 Å². The molecule has 0 bridgehead atoms. The van der Waals surface area contributed by atoms with Crippen LogP contribution in [0.5, 0.6) is 0 Å². The molecule has 1 unspecified atom stereocenters. The van der Waals surface area contributed by atoms with Crippen LogP contribution >= 0.6 is 47.2 Å². The number of carbonyl (C=O) groups is 1. The summed E-state index contributed by atoms with van der Waals surface area (Å²) in [4.78, 5) is 18.7.